The molecule has 1 aliphatic carbocycles. The molecule has 1 aliphatic heterocycles. The van der Waals surface area contributed by atoms with Crippen molar-refractivity contribution in [3.05, 3.63) is 191 Å². The van der Waals surface area contributed by atoms with Crippen molar-refractivity contribution in [1.82, 2.24) is 4.90 Å². The number of hydrogen-bond acceptors (Lipinski definition) is 5. The summed E-state index contributed by atoms with van der Waals surface area (Å²) >= 11 is 0. The van der Waals surface area contributed by atoms with Gasteiger partial charge in [-0.05, 0) is 27.8 Å². The third kappa shape index (κ3) is 4.48. The summed E-state index contributed by atoms with van der Waals surface area (Å²) in [4.78, 5) is 17.7. The Balaban J connectivity index is 1.69. The lowest BCUT2D eigenvalue weighted by molar-refractivity contribution is -0.141. The lowest BCUT2D eigenvalue weighted by Gasteiger charge is -2.59. The fraction of sp³-hybridized carbons (Fsp3) is 0.159. The van der Waals surface area contributed by atoms with Crippen molar-refractivity contribution >= 4 is 5.91 Å². The molecule has 6 heteroatoms. The van der Waals surface area contributed by atoms with Crippen LogP contribution in [0.15, 0.2) is 163 Å². The number of nitriles is 4. The maximum absolute atomic E-state index is 16.0. The second-order valence-electron chi connectivity index (χ2n) is 12.8. The van der Waals surface area contributed by atoms with Crippen molar-refractivity contribution in [2.45, 2.75) is 23.8 Å². The molecular formula is C44H31N5O. The first-order valence-electron chi connectivity index (χ1n) is 16.5. The van der Waals surface area contributed by atoms with Crippen molar-refractivity contribution in [2.24, 2.45) is 16.7 Å². The van der Waals surface area contributed by atoms with Crippen LogP contribution in [0.25, 0.3) is 0 Å². The van der Waals surface area contributed by atoms with Crippen molar-refractivity contribution in [1.29, 1.82) is 21.0 Å². The molecule has 3 atom stereocenters. The quantitative estimate of drug-likeness (QED) is 0.185. The van der Waals surface area contributed by atoms with Gasteiger partial charge in [0, 0.05) is 23.5 Å². The number of rotatable bonds is 6. The largest absolute Gasteiger partial charge is 0.311 e. The number of fused-ring (bicyclic) bond motifs is 1. The minimum atomic E-state index is -2.23. The lowest BCUT2D eigenvalue weighted by atomic mass is 9.42. The van der Waals surface area contributed by atoms with E-state index in [1.54, 1.807) is 29.2 Å². The van der Waals surface area contributed by atoms with E-state index in [1.165, 1.54) is 0 Å². The number of nitrogens with zero attached hydrogens (tertiary/aromatic N) is 5. The molecule has 1 heterocycles. The van der Waals surface area contributed by atoms with Gasteiger partial charge in [-0.1, -0.05) is 158 Å². The zero-order valence-corrected chi connectivity index (χ0v) is 27.1. The van der Waals surface area contributed by atoms with Gasteiger partial charge in [0.05, 0.1) is 30.8 Å². The highest BCUT2D eigenvalue weighted by Gasteiger charge is 2.73. The summed E-state index contributed by atoms with van der Waals surface area (Å²) in [6, 6.07) is 56.1. The minimum Gasteiger partial charge on any atom is -0.311 e. The molecule has 0 unspecified atom stereocenters. The van der Waals surface area contributed by atoms with Crippen molar-refractivity contribution in [3.8, 4) is 24.3 Å². The van der Waals surface area contributed by atoms with E-state index in [4.69, 9.17) is 0 Å². The molecule has 0 radical (unpaired) electrons. The monoisotopic (exact) mass is 645 g/mol. The molecule has 0 bridgehead atoms. The number of hydrogen-bond donors (Lipinski definition) is 0. The van der Waals surface area contributed by atoms with Crippen molar-refractivity contribution in [2.75, 3.05) is 0 Å². The molecule has 0 N–H and O–H groups in total. The number of likely N-dealkylation sites (tertiary alicyclic amines) is 1. The van der Waals surface area contributed by atoms with Crippen LogP contribution in [0.5, 0.6) is 0 Å². The molecule has 1 saturated heterocycles. The van der Waals surface area contributed by atoms with E-state index in [0.717, 1.165) is 5.56 Å². The summed E-state index contributed by atoms with van der Waals surface area (Å²) in [6.07, 6.45) is 1.82. The first-order valence-corrected chi connectivity index (χ1v) is 16.5. The summed E-state index contributed by atoms with van der Waals surface area (Å²) in [7, 11) is 0. The van der Waals surface area contributed by atoms with E-state index in [0.29, 0.717) is 28.0 Å². The number of amides is 1. The van der Waals surface area contributed by atoms with E-state index in [1.807, 2.05) is 133 Å². The van der Waals surface area contributed by atoms with Crippen LogP contribution in [0.4, 0.5) is 0 Å². The van der Waals surface area contributed by atoms with Gasteiger partial charge in [0.15, 0.2) is 10.8 Å². The Morgan fingerprint density at radius 1 is 0.520 bits per heavy atom. The summed E-state index contributed by atoms with van der Waals surface area (Å²) < 4.78 is 0. The Morgan fingerprint density at radius 2 is 0.940 bits per heavy atom. The Bertz CT molecular complexity index is 2160. The smallest absolute Gasteiger partial charge is 0.242 e. The molecule has 0 spiro atoms. The van der Waals surface area contributed by atoms with Crippen LogP contribution in [-0.4, -0.2) is 10.8 Å². The van der Waals surface area contributed by atoms with Gasteiger partial charge >= 0.3 is 0 Å². The predicted octanol–water partition coefficient (Wildman–Crippen LogP) is 8.16. The molecule has 0 saturated carbocycles. The van der Waals surface area contributed by atoms with Gasteiger partial charge in [0.2, 0.25) is 5.91 Å². The second kappa shape index (κ2) is 12.7. The average Bonchev–Trinajstić information content (AvgIpc) is 3.19. The Morgan fingerprint density at radius 3 is 1.40 bits per heavy atom. The molecular weight excluding hydrogens is 615 g/mol. The molecule has 6 nitrogen and oxygen atoms in total. The SMILES string of the molecule is N#CC1(C#N)[C@@H](c2ccccc2)C=C2[C@@H]([C@@H](c3ccccc3)C(c3ccccc3)(c3ccccc3)C(=O)N2Cc2ccccc2)C1(C#N)C#N. The van der Waals surface area contributed by atoms with Gasteiger partial charge in [0.1, 0.15) is 5.41 Å². The van der Waals surface area contributed by atoms with Crippen LogP contribution in [0.2, 0.25) is 0 Å². The van der Waals surface area contributed by atoms with Crippen LogP contribution in [0.3, 0.4) is 0 Å². The van der Waals surface area contributed by atoms with Gasteiger partial charge in [-0.25, -0.2) is 0 Å². The summed E-state index contributed by atoms with van der Waals surface area (Å²) in [5.74, 6) is -3.20. The highest BCUT2D eigenvalue weighted by Crippen LogP contribution is 2.68. The van der Waals surface area contributed by atoms with Crippen LogP contribution < -0.4 is 0 Å². The van der Waals surface area contributed by atoms with Gasteiger partial charge in [0.25, 0.3) is 0 Å². The Kier molecular flexibility index (Phi) is 8.09. The highest BCUT2D eigenvalue weighted by molar-refractivity contribution is 5.96. The molecule has 0 aromatic heterocycles. The fourth-order valence-electron chi connectivity index (χ4n) is 8.40. The van der Waals surface area contributed by atoms with E-state index in [9.17, 15) is 21.0 Å². The summed E-state index contributed by atoms with van der Waals surface area (Å²) in [5, 5.41) is 45.2. The van der Waals surface area contributed by atoms with Crippen molar-refractivity contribution < 1.29 is 4.79 Å². The molecule has 5 aromatic carbocycles. The first-order chi connectivity index (χ1) is 24.5. The topological polar surface area (TPSA) is 115 Å². The average molecular weight is 646 g/mol. The molecule has 1 fully saturated rings. The Labute approximate surface area is 292 Å². The van der Waals surface area contributed by atoms with Gasteiger partial charge in [-0.15, -0.1) is 0 Å². The second-order valence-corrected chi connectivity index (χ2v) is 12.8. The van der Waals surface area contributed by atoms with Crippen LogP contribution >= 0.6 is 0 Å². The number of piperidine rings is 1. The number of benzene rings is 5. The summed E-state index contributed by atoms with van der Waals surface area (Å²) in [5.41, 5.74) is -1.88. The molecule has 5 aromatic rings. The van der Waals surface area contributed by atoms with Crippen molar-refractivity contribution in [3.63, 3.8) is 0 Å². The van der Waals surface area contributed by atoms with Gasteiger partial charge < -0.3 is 4.90 Å². The Hall–Kier alpha value is -6.73. The van der Waals surface area contributed by atoms with Crippen LogP contribution in [-0.2, 0) is 16.8 Å². The van der Waals surface area contributed by atoms with Crippen LogP contribution in [0, 0.1) is 62.1 Å². The normalized spacial score (nSPS) is 21.2. The van der Waals surface area contributed by atoms with E-state index in [2.05, 4.69) is 24.3 Å². The zero-order chi connectivity index (χ0) is 34.8. The minimum absolute atomic E-state index is 0.144. The molecule has 7 rings (SSSR count). The summed E-state index contributed by atoms with van der Waals surface area (Å²) in [6.45, 7) is 0.144. The third-order valence-corrected chi connectivity index (χ3v) is 10.6. The van der Waals surface area contributed by atoms with E-state index < -0.39 is 34.0 Å². The molecule has 2 aliphatic rings. The predicted molar refractivity (Wildman–Crippen MR) is 188 cm³/mol. The van der Waals surface area contributed by atoms with Crippen LogP contribution in [0.1, 0.15) is 39.7 Å². The van der Waals surface area contributed by atoms with E-state index >= 15 is 4.79 Å². The third-order valence-electron chi connectivity index (χ3n) is 10.6. The maximum atomic E-state index is 16.0. The molecule has 50 heavy (non-hydrogen) atoms. The molecule has 238 valence electrons. The van der Waals surface area contributed by atoms with Gasteiger partial charge in [-0.2, -0.15) is 21.0 Å². The fourth-order valence-corrected chi connectivity index (χ4v) is 8.40. The zero-order valence-electron chi connectivity index (χ0n) is 27.1. The van der Waals surface area contributed by atoms with Gasteiger partial charge in [-0.3, -0.25) is 4.79 Å². The lowest BCUT2D eigenvalue weighted by Crippen LogP contribution is -2.65. The number of carbonyl (C=O) groups excluding carboxylic acids is 1. The molecule has 1 amide bonds. The maximum Gasteiger partial charge on any atom is 0.242 e. The number of allylic oxidation sites excluding steroid dienone is 2. The standard InChI is InChI=1S/C44H31N5O/c45-28-42(29-46)37(33-18-8-2-9-19-33)26-38-40(43(42,30-47)31-48)39(34-20-10-3-11-21-34)44(35-22-12-4-13-23-35,36-24-14-5-15-25-36)41(50)49(38)27-32-16-6-1-7-17-32/h1-26,37,39-40H,27H2/t37-,39-,40+/m1/s1. The number of carbonyl (C=O) groups is 1. The highest BCUT2D eigenvalue weighted by atomic mass is 16.2. The van der Waals surface area contributed by atoms with E-state index in [-0.39, 0.29) is 12.5 Å². The first kappa shape index (κ1) is 31.8.